The molecule has 14 heavy (non-hydrogen) atoms. The fourth-order valence-corrected chi connectivity index (χ4v) is 1.88. The molecular weight excluding hydrogens is 252 g/mol. The molecule has 0 unspecified atom stereocenters. The summed E-state index contributed by atoms with van der Waals surface area (Å²) in [5.41, 5.74) is 0. The van der Waals surface area contributed by atoms with Crippen LogP contribution in [-0.2, 0) is 0 Å². The molecule has 0 N–H and O–H groups in total. The quantitative estimate of drug-likeness (QED) is 0.817. The zero-order valence-electron chi connectivity index (χ0n) is 7.80. The lowest BCUT2D eigenvalue weighted by molar-refractivity contribution is 0.168. The second-order valence-electron chi connectivity index (χ2n) is 2.66. The van der Waals surface area contributed by atoms with Crippen LogP contribution in [0.3, 0.4) is 0 Å². The van der Waals surface area contributed by atoms with E-state index in [1.54, 1.807) is 20.3 Å². The van der Waals surface area contributed by atoms with E-state index in [2.05, 4.69) is 15.9 Å². The van der Waals surface area contributed by atoms with Crippen LogP contribution in [0.2, 0.25) is 0 Å². The highest BCUT2D eigenvalue weighted by Gasteiger charge is 2.25. The van der Waals surface area contributed by atoms with Gasteiger partial charge in [0.25, 0.3) is 0 Å². The van der Waals surface area contributed by atoms with Crippen LogP contribution in [0.5, 0.6) is 23.0 Å². The number of halogens is 1. The number of fused-ring (bicyclic) bond motifs is 1. The summed E-state index contributed by atoms with van der Waals surface area (Å²) in [7, 11) is 3.16. The van der Waals surface area contributed by atoms with Crippen molar-refractivity contribution in [1.82, 2.24) is 0 Å². The Morgan fingerprint density at radius 2 is 1.93 bits per heavy atom. The van der Waals surface area contributed by atoms with E-state index in [-0.39, 0.29) is 6.79 Å². The largest absolute Gasteiger partial charge is 0.493 e. The van der Waals surface area contributed by atoms with E-state index in [9.17, 15) is 0 Å². The van der Waals surface area contributed by atoms with Crippen LogP contribution in [0.1, 0.15) is 0 Å². The Morgan fingerprint density at radius 3 is 2.57 bits per heavy atom. The highest BCUT2D eigenvalue weighted by atomic mass is 79.9. The van der Waals surface area contributed by atoms with Gasteiger partial charge in [0.05, 0.1) is 18.7 Å². The van der Waals surface area contributed by atoms with Gasteiger partial charge in [-0.25, -0.2) is 0 Å². The van der Waals surface area contributed by atoms with Crippen LogP contribution in [0.25, 0.3) is 0 Å². The fourth-order valence-electron chi connectivity index (χ4n) is 1.33. The molecule has 0 aliphatic carbocycles. The molecule has 0 fully saturated rings. The smallest absolute Gasteiger partial charge is 0.231 e. The maximum absolute atomic E-state index is 5.29. The summed E-state index contributed by atoms with van der Waals surface area (Å²) >= 11 is 3.36. The summed E-state index contributed by atoms with van der Waals surface area (Å²) in [6.45, 7) is 0.193. The first-order valence-electron chi connectivity index (χ1n) is 3.98. The van der Waals surface area contributed by atoms with Crippen molar-refractivity contribution < 1.29 is 18.9 Å². The van der Waals surface area contributed by atoms with E-state index in [1.165, 1.54) is 0 Å². The molecule has 0 bridgehead atoms. The van der Waals surface area contributed by atoms with Gasteiger partial charge in [-0.1, -0.05) is 0 Å². The van der Waals surface area contributed by atoms with Gasteiger partial charge in [0.1, 0.15) is 0 Å². The topological polar surface area (TPSA) is 36.9 Å². The summed E-state index contributed by atoms with van der Waals surface area (Å²) in [5.74, 6) is 2.43. The number of rotatable bonds is 2. The van der Waals surface area contributed by atoms with Crippen molar-refractivity contribution in [2.45, 2.75) is 0 Å². The molecule has 0 radical (unpaired) electrons. The molecule has 0 atom stereocenters. The van der Waals surface area contributed by atoms with Crippen LogP contribution < -0.4 is 18.9 Å². The van der Waals surface area contributed by atoms with Crippen LogP contribution in [0, 0.1) is 0 Å². The van der Waals surface area contributed by atoms with Crippen LogP contribution in [0.4, 0.5) is 0 Å². The molecule has 1 aliphatic heterocycles. The summed E-state index contributed by atoms with van der Waals surface area (Å²) < 4.78 is 21.7. The number of hydrogen-bond acceptors (Lipinski definition) is 4. The Hall–Kier alpha value is -1.10. The normalized spacial score (nSPS) is 12.8. The van der Waals surface area contributed by atoms with E-state index >= 15 is 0 Å². The van der Waals surface area contributed by atoms with Gasteiger partial charge in [0.2, 0.25) is 18.3 Å². The Labute approximate surface area is 89.8 Å². The molecule has 1 aliphatic rings. The maximum atomic E-state index is 5.29. The minimum atomic E-state index is 0.193. The van der Waals surface area contributed by atoms with Crippen LogP contribution in [0.15, 0.2) is 10.5 Å². The summed E-state index contributed by atoms with van der Waals surface area (Å²) in [6.07, 6.45) is 0. The zero-order valence-corrected chi connectivity index (χ0v) is 9.38. The lowest BCUT2D eigenvalue weighted by atomic mass is 10.2. The second-order valence-corrected chi connectivity index (χ2v) is 3.51. The van der Waals surface area contributed by atoms with Gasteiger partial charge in [0.15, 0.2) is 11.5 Å². The van der Waals surface area contributed by atoms with Crippen LogP contribution in [-0.4, -0.2) is 21.0 Å². The van der Waals surface area contributed by atoms with Crippen molar-refractivity contribution in [3.05, 3.63) is 10.5 Å². The van der Waals surface area contributed by atoms with E-state index in [0.717, 1.165) is 4.47 Å². The third kappa shape index (κ3) is 1.28. The van der Waals surface area contributed by atoms with Crippen molar-refractivity contribution in [2.24, 2.45) is 0 Å². The molecule has 1 heterocycles. The van der Waals surface area contributed by atoms with Crippen molar-refractivity contribution in [3.8, 4) is 23.0 Å². The SMILES string of the molecule is COc1cc(Br)c(OC)c2c1OCO2. The third-order valence-electron chi connectivity index (χ3n) is 1.94. The first-order valence-corrected chi connectivity index (χ1v) is 4.77. The van der Waals surface area contributed by atoms with Crippen LogP contribution >= 0.6 is 15.9 Å². The first kappa shape index (κ1) is 9.45. The molecule has 1 aromatic rings. The van der Waals surface area contributed by atoms with E-state index in [1.807, 2.05) is 0 Å². The molecule has 0 saturated heterocycles. The number of hydrogen-bond donors (Lipinski definition) is 0. The fraction of sp³-hybridized carbons (Fsp3) is 0.333. The highest BCUT2D eigenvalue weighted by Crippen LogP contribution is 2.50. The minimum absolute atomic E-state index is 0.193. The second kappa shape index (κ2) is 3.57. The molecular formula is C9H9BrO4. The molecule has 5 heteroatoms. The summed E-state index contributed by atoms with van der Waals surface area (Å²) in [6, 6.07) is 1.78. The molecule has 4 nitrogen and oxygen atoms in total. The minimum Gasteiger partial charge on any atom is -0.493 e. The Kier molecular flexibility index (Phi) is 2.41. The average Bonchev–Trinajstić information content (AvgIpc) is 2.65. The predicted molar refractivity (Wildman–Crippen MR) is 53.4 cm³/mol. The van der Waals surface area contributed by atoms with Gasteiger partial charge < -0.3 is 18.9 Å². The Balaban J connectivity index is 2.61. The number of methoxy groups -OCH3 is 2. The lowest BCUT2D eigenvalue weighted by Crippen LogP contribution is -1.94. The third-order valence-corrected chi connectivity index (χ3v) is 2.53. The van der Waals surface area contributed by atoms with Gasteiger partial charge in [-0.3, -0.25) is 0 Å². The first-order chi connectivity index (χ1) is 6.77. The van der Waals surface area contributed by atoms with E-state index in [0.29, 0.717) is 23.0 Å². The molecule has 0 saturated carbocycles. The predicted octanol–water partition coefficient (Wildman–Crippen LogP) is 2.19. The molecule has 0 aromatic heterocycles. The van der Waals surface area contributed by atoms with Gasteiger partial charge in [-0.2, -0.15) is 0 Å². The Morgan fingerprint density at radius 1 is 1.21 bits per heavy atom. The van der Waals surface area contributed by atoms with Gasteiger partial charge in [-0.05, 0) is 15.9 Å². The molecule has 0 spiro atoms. The standard InChI is InChI=1S/C9H9BrO4/c1-11-6-3-5(10)7(12-2)9-8(6)13-4-14-9/h3H,4H2,1-2H3. The van der Waals surface area contributed by atoms with Gasteiger partial charge in [0, 0.05) is 6.07 Å². The average molecular weight is 261 g/mol. The van der Waals surface area contributed by atoms with E-state index in [4.69, 9.17) is 18.9 Å². The highest BCUT2D eigenvalue weighted by molar-refractivity contribution is 9.10. The van der Waals surface area contributed by atoms with E-state index < -0.39 is 0 Å². The van der Waals surface area contributed by atoms with Gasteiger partial charge in [-0.15, -0.1) is 0 Å². The zero-order chi connectivity index (χ0) is 10.1. The monoisotopic (exact) mass is 260 g/mol. The lowest BCUT2D eigenvalue weighted by Gasteiger charge is -2.09. The summed E-state index contributed by atoms with van der Waals surface area (Å²) in [5, 5.41) is 0. The van der Waals surface area contributed by atoms with Crippen molar-refractivity contribution in [1.29, 1.82) is 0 Å². The van der Waals surface area contributed by atoms with Crippen molar-refractivity contribution in [3.63, 3.8) is 0 Å². The molecule has 1 aromatic carbocycles. The molecule has 0 amide bonds. The number of benzene rings is 1. The molecule has 2 rings (SSSR count). The van der Waals surface area contributed by atoms with Gasteiger partial charge >= 0.3 is 0 Å². The molecule has 76 valence electrons. The Bertz CT molecular complexity index is 364. The number of ether oxygens (including phenoxy) is 4. The maximum Gasteiger partial charge on any atom is 0.231 e. The van der Waals surface area contributed by atoms with Crippen molar-refractivity contribution >= 4 is 15.9 Å². The summed E-state index contributed by atoms with van der Waals surface area (Å²) in [4.78, 5) is 0. The van der Waals surface area contributed by atoms with Crippen molar-refractivity contribution in [2.75, 3.05) is 21.0 Å².